The number of ether oxygens (including phenoxy) is 4. The van der Waals surface area contributed by atoms with Gasteiger partial charge in [-0.3, -0.25) is 4.79 Å². The molecule has 1 fully saturated rings. The van der Waals surface area contributed by atoms with Crippen molar-refractivity contribution >= 4 is 11.0 Å². The van der Waals surface area contributed by atoms with E-state index in [4.69, 9.17) is 23.4 Å². The molecule has 0 atom stereocenters. The fourth-order valence-electron chi connectivity index (χ4n) is 6.28. The molecule has 0 aliphatic carbocycles. The molecule has 2 aliphatic rings. The zero-order valence-electron chi connectivity index (χ0n) is 25.5. The number of piperidine rings is 1. The van der Waals surface area contributed by atoms with Crippen LogP contribution >= 0.6 is 0 Å². The second-order valence-electron chi connectivity index (χ2n) is 11.6. The first-order chi connectivity index (χ1) is 22.1. The number of likely N-dealkylation sites (tertiary alicyclic amines) is 1. The lowest BCUT2D eigenvalue weighted by molar-refractivity contribution is -0.0456. The molecule has 0 spiro atoms. The molecule has 7 rings (SSSR count). The summed E-state index contributed by atoms with van der Waals surface area (Å²) in [5.41, 5.74) is 2.49. The van der Waals surface area contributed by atoms with Crippen molar-refractivity contribution in [2.75, 3.05) is 33.4 Å². The quantitative estimate of drug-likeness (QED) is 0.151. The van der Waals surface area contributed by atoms with Gasteiger partial charge in [0.15, 0.2) is 28.3 Å². The Kier molecular flexibility index (Phi) is 8.18. The molecule has 2 aliphatic heterocycles. The van der Waals surface area contributed by atoms with E-state index in [2.05, 4.69) is 4.90 Å². The maximum atomic E-state index is 13.4. The number of methoxy groups -OCH3 is 1. The highest BCUT2D eigenvalue weighted by Gasteiger charge is 2.46. The van der Waals surface area contributed by atoms with Crippen LogP contribution in [0.1, 0.15) is 43.2 Å². The predicted molar refractivity (Wildman–Crippen MR) is 174 cm³/mol. The van der Waals surface area contributed by atoms with E-state index in [0.29, 0.717) is 51.9 Å². The van der Waals surface area contributed by atoms with Crippen molar-refractivity contribution in [2.45, 2.75) is 37.9 Å². The van der Waals surface area contributed by atoms with Crippen molar-refractivity contribution in [1.82, 2.24) is 4.90 Å². The molecule has 0 bridgehead atoms. The molecule has 0 N–H and O–H groups in total. The first-order valence-corrected chi connectivity index (χ1v) is 15.8. The number of hydrogen-bond donors (Lipinski definition) is 0. The van der Waals surface area contributed by atoms with E-state index >= 15 is 0 Å². The van der Waals surface area contributed by atoms with Crippen molar-refractivity contribution in [2.24, 2.45) is 0 Å². The predicted octanol–water partition coefficient (Wildman–Crippen LogP) is 7.79. The molecule has 7 nitrogen and oxygen atoms in total. The minimum atomic E-state index is -1.23. The summed E-state index contributed by atoms with van der Waals surface area (Å²) in [4.78, 5) is 15.9. The van der Waals surface area contributed by atoms with E-state index < -0.39 is 5.79 Å². The molecule has 7 heteroatoms. The molecule has 3 heterocycles. The number of benzene rings is 4. The fourth-order valence-corrected chi connectivity index (χ4v) is 6.28. The Balaban J connectivity index is 1.16. The standard InChI is InChI=1S/C38H37NO6/c1-41-35-25-27(17-19-32(35)42-24-12-11-23-39-21-9-4-10-22-39)34-26-31(40)30-18-20-33-37(36(30)43-34)45-38(44-33,28-13-5-2-6-14-28)29-15-7-3-8-16-29/h2-3,5-8,13-20,25-26H,4,9-12,21-24H2,1H3. The molecule has 5 aromatic rings. The van der Waals surface area contributed by atoms with Gasteiger partial charge in [0.2, 0.25) is 5.75 Å². The molecule has 1 aromatic heterocycles. The summed E-state index contributed by atoms with van der Waals surface area (Å²) in [7, 11) is 1.61. The molecular formula is C38H37NO6. The zero-order chi connectivity index (χ0) is 30.6. The summed E-state index contributed by atoms with van der Waals surface area (Å²) in [6.45, 7) is 4.16. The van der Waals surface area contributed by atoms with Gasteiger partial charge in [-0.15, -0.1) is 0 Å². The summed E-state index contributed by atoms with van der Waals surface area (Å²) in [5, 5.41) is 0.412. The average molecular weight is 604 g/mol. The van der Waals surface area contributed by atoms with Gasteiger partial charge < -0.3 is 28.3 Å². The van der Waals surface area contributed by atoms with E-state index in [1.165, 1.54) is 38.4 Å². The fraction of sp³-hybridized carbons (Fsp3) is 0.289. The van der Waals surface area contributed by atoms with Crippen molar-refractivity contribution in [1.29, 1.82) is 0 Å². The Bertz CT molecular complexity index is 1790. The monoisotopic (exact) mass is 603 g/mol. The smallest absolute Gasteiger partial charge is 0.305 e. The molecule has 230 valence electrons. The largest absolute Gasteiger partial charge is 0.493 e. The van der Waals surface area contributed by atoms with Crippen molar-refractivity contribution < 1.29 is 23.4 Å². The number of unbranched alkanes of at least 4 members (excludes halogenated alkanes) is 1. The van der Waals surface area contributed by atoms with Crippen LogP contribution in [0.4, 0.5) is 0 Å². The number of fused-ring (bicyclic) bond motifs is 3. The Morgan fingerprint density at radius 1 is 0.778 bits per heavy atom. The highest BCUT2D eigenvalue weighted by atomic mass is 16.7. The maximum absolute atomic E-state index is 13.4. The Labute approximate surface area is 262 Å². The highest BCUT2D eigenvalue weighted by molar-refractivity contribution is 5.87. The van der Waals surface area contributed by atoms with Crippen LogP contribution in [0, 0.1) is 0 Å². The SMILES string of the molecule is COc1cc(-c2cc(=O)c3ccc4c(c3o2)OC(c2ccccc2)(c2ccccc2)O4)ccc1OCCCCN1CCCCC1. The lowest BCUT2D eigenvalue weighted by Gasteiger charge is -2.28. The van der Waals surface area contributed by atoms with Crippen LogP contribution in [0.2, 0.25) is 0 Å². The van der Waals surface area contributed by atoms with E-state index in [1.807, 2.05) is 78.9 Å². The Morgan fingerprint density at radius 3 is 2.22 bits per heavy atom. The van der Waals surface area contributed by atoms with Crippen LogP contribution < -0.4 is 24.4 Å². The third-order valence-corrected chi connectivity index (χ3v) is 8.65. The second-order valence-corrected chi connectivity index (χ2v) is 11.6. The maximum Gasteiger partial charge on any atom is 0.305 e. The second kappa shape index (κ2) is 12.7. The number of nitrogens with zero attached hydrogens (tertiary/aromatic N) is 1. The van der Waals surface area contributed by atoms with Crippen LogP contribution in [0.5, 0.6) is 23.0 Å². The van der Waals surface area contributed by atoms with Crippen LogP contribution in [-0.2, 0) is 5.79 Å². The molecule has 0 unspecified atom stereocenters. The third kappa shape index (κ3) is 5.76. The van der Waals surface area contributed by atoms with E-state index in [9.17, 15) is 4.79 Å². The Hall–Kier alpha value is -4.75. The highest BCUT2D eigenvalue weighted by Crippen LogP contribution is 2.51. The molecule has 4 aromatic carbocycles. The zero-order valence-corrected chi connectivity index (χ0v) is 25.5. The van der Waals surface area contributed by atoms with Gasteiger partial charge in [0.1, 0.15) is 5.76 Å². The van der Waals surface area contributed by atoms with Gasteiger partial charge in [-0.1, -0.05) is 67.1 Å². The van der Waals surface area contributed by atoms with Gasteiger partial charge in [0.25, 0.3) is 0 Å². The van der Waals surface area contributed by atoms with Crippen LogP contribution in [0.15, 0.2) is 106 Å². The minimum Gasteiger partial charge on any atom is -0.493 e. The van der Waals surface area contributed by atoms with Crippen molar-refractivity contribution in [3.63, 3.8) is 0 Å². The number of hydrogen-bond acceptors (Lipinski definition) is 7. The molecule has 0 radical (unpaired) electrons. The van der Waals surface area contributed by atoms with Crippen LogP contribution in [-0.4, -0.2) is 38.3 Å². The van der Waals surface area contributed by atoms with Gasteiger partial charge in [-0.2, -0.15) is 0 Å². The molecule has 0 saturated carbocycles. The van der Waals surface area contributed by atoms with Gasteiger partial charge in [0.05, 0.1) is 19.1 Å². The summed E-state index contributed by atoms with van der Waals surface area (Å²) in [5.74, 6) is 1.29. The summed E-state index contributed by atoms with van der Waals surface area (Å²) < 4.78 is 31.5. The lowest BCUT2D eigenvalue weighted by atomic mass is 9.97. The van der Waals surface area contributed by atoms with Gasteiger partial charge in [-0.25, -0.2) is 0 Å². The molecule has 0 amide bonds. The van der Waals surface area contributed by atoms with Crippen molar-refractivity contribution in [3.05, 3.63) is 118 Å². The average Bonchev–Trinajstić information content (AvgIpc) is 3.51. The number of rotatable bonds is 10. The molecular weight excluding hydrogens is 566 g/mol. The lowest BCUT2D eigenvalue weighted by Crippen LogP contribution is -2.36. The van der Waals surface area contributed by atoms with Crippen LogP contribution in [0.3, 0.4) is 0 Å². The summed E-state index contributed by atoms with van der Waals surface area (Å²) >= 11 is 0. The summed E-state index contributed by atoms with van der Waals surface area (Å²) in [6.07, 6.45) is 6.05. The van der Waals surface area contributed by atoms with Gasteiger partial charge in [-0.05, 0) is 75.6 Å². The topological polar surface area (TPSA) is 70.4 Å². The van der Waals surface area contributed by atoms with Gasteiger partial charge >= 0.3 is 5.79 Å². The van der Waals surface area contributed by atoms with Crippen LogP contribution in [0.25, 0.3) is 22.3 Å². The van der Waals surface area contributed by atoms with E-state index in [1.54, 1.807) is 19.2 Å². The summed E-state index contributed by atoms with van der Waals surface area (Å²) in [6, 6.07) is 30.1. The first kappa shape index (κ1) is 29.0. The normalized spacial score (nSPS) is 15.7. The molecule has 1 saturated heterocycles. The first-order valence-electron chi connectivity index (χ1n) is 15.8. The van der Waals surface area contributed by atoms with Crippen molar-refractivity contribution in [3.8, 4) is 34.3 Å². The van der Waals surface area contributed by atoms with Gasteiger partial charge in [0, 0.05) is 22.8 Å². The van der Waals surface area contributed by atoms with E-state index in [0.717, 1.165) is 30.5 Å². The minimum absolute atomic E-state index is 0.178. The van der Waals surface area contributed by atoms with E-state index in [-0.39, 0.29) is 5.43 Å². The third-order valence-electron chi connectivity index (χ3n) is 8.65. The molecule has 45 heavy (non-hydrogen) atoms. The Morgan fingerprint density at radius 2 is 1.51 bits per heavy atom.